The van der Waals surface area contributed by atoms with Gasteiger partial charge in [0.05, 0.1) is 17.1 Å². The molecule has 5 aromatic rings. The molecule has 0 saturated carbocycles. The number of benzene rings is 3. The van der Waals surface area contributed by atoms with Crippen molar-refractivity contribution in [2.45, 2.75) is 52.9 Å². The predicted molar refractivity (Wildman–Crippen MR) is 158 cm³/mol. The van der Waals surface area contributed by atoms with E-state index in [0.717, 1.165) is 65.5 Å². The summed E-state index contributed by atoms with van der Waals surface area (Å²) in [5, 5.41) is 9.85. The number of nitrogens with zero attached hydrogens (tertiary/aromatic N) is 4. The Morgan fingerprint density at radius 3 is 2.08 bits per heavy atom. The molecule has 0 aliphatic rings. The number of aromatic nitrogens is 3. The van der Waals surface area contributed by atoms with E-state index in [1.807, 2.05) is 25.1 Å². The Morgan fingerprint density at radius 2 is 1.41 bits per heavy atom. The summed E-state index contributed by atoms with van der Waals surface area (Å²) in [5.74, 6) is 1.29. The minimum Gasteiger partial charge on any atom is -0.508 e. The zero-order valence-electron chi connectivity index (χ0n) is 22.8. The summed E-state index contributed by atoms with van der Waals surface area (Å²) in [7, 11) is 0. The number of imidazole rings is 1. The number of aryl methyl sites for hydroxylation is 1. The summed E-state index contributed by atoms with van der Waals surface area (Å²) >= 11 is 0. The first-order chi connectivity index (χ1) is 19.1. The molecule has 39 heavy (non-hydrogen) atoms. The van der Waals surface area contributed by atoms with Crippen LogP contribution in [0.4, 0.5) is 0 Å². The zero-order chi connectivity index (χ0) is 27.0. The van der Waals surface area contributed by atoms with Crippen molar-refractivity contribution in [1.82, 2.24) is 19.4 Å². The maximum Gasteiger partial charge on any atom is 0.140 e. The Labute approximate surface area is 231 Å². The highest BCUT2D eigenvalue weighted by Gasteiger charge is 2.22. The number of phenols is 1. The molecule has 3 aromatic carbocycles. The van der Waals surface area contributed by atoms with Crippen LogP contribution < -0.4 is 0 Å². The van der Waals surface area contributed by atoms with Crippen LogP contribution in [0.5, 0.6) is 5.75 Å². The second-order valence-corrected chi connectivity index (χ2v) is 10.0. The average Bonchev–Trinajstić information content (AvgIpc) is 3.32. The fourth-order valence-corrected chi connectivity index (χ4v) is 4.99. The van der Waals surface area contributed by atoms with Crippen molar-refractivity contribution in [1.29, 1.82) is 0 Å². The second kappa shape index (κ2) is 12.5. The molecule has 2 heterocycles. The first-order valence-electron chi connectivity index (χ1n) is 13.7. The van der Waals surface area contributed by atoms with E-state index in [9.17, 15) is 5.11 Å². The SMILES string of the molecule is CCCCn1c(-c2ccccc2)nc(-c2ccccc2)c1CN(Cc1ccc(O)cc1)Cc1cccc(C)n1. The molecule has 0 fully saturated rings. The van der Waals surface area contributed by atoms with Crippen LogP contribution in [0.3, 0.4) is 0 Å². The molecule has 0 amide bonds. The fourth-order valence-electron chi connectivity index (χ4n) is 4.99. The largest absolute Gasteiger partial charge is 0.508 e. The van der Waals surface area contributed by atoms with Crippen LogP contribution in [-0.4, -0.2) is 24.5 Å². The van der Waals surface area contributed by atoms with Crippen molar-refractivity contribution < 1.29 is 5.11 Å². The Morgan fingerprint density at radius 1 is 0.718 bits per heavy atom. The van der Waals surface area contributed by atoms with E-state index in [-0.39, 0.29) is 5.75 Å². The first-order valence-corrected chi connectivity index (χ1v) is 13.7. The van der Waals surface area contributed by atoms with Crippen LogP contribution in [0.25, 0.3) is 22.6 Å². The monoisotopic (exact) mass is 516 g/mol. The molecule has 5 rings (SSSR count). The number of rotatable bonds is 11. The van der Waals surface area contributed by atoms with Gasteiger partial charge in [-0.25, -0.2) is 4.98 Å². The molecule has 0 radical (unpaired) electrons. The third-order valence-corrected chi connectivity index (χ3v) is 6.93. The molecule has 0 unspecified atom stereocenters. The van der Waals surface area contributed by atoms with E-state index >= 15 is 0 Å². The molecule has 1 N–H and O–H groups in total. The summed E-state index contributed by atoms with van der Waals surface area (Å²) in [6, 6.07) is 34.7. The smallest absolute Gasteiger partial charge is 0.140 e. The lowest BCUT2D eigenvalue weighted by atomic mass is 10.1. The van der Waals surface area contributed by atoms with Gasteiger partial charge in [0.15, 0.2) is 0 Å². The van der Waals surface area contributed by atoms with E-state index < -0.39 is 0 Å². The summed E-state index contributed by atoms with van der Waals surface area (Å²) in [4.78, 5) is 12.5. The van der Waals surface area contributed by atoms with Gasteiger partial charge in [-0.05, 0) is 43.2 Å². The molecule has 0 aliphatic heterocycles. The molecule has 0 aliphatic carbocycles. The van der Waals surface area contributed by atoms with Crippen LogP contribution in [0.2, 0.25) is 0 Å². The highest BCUT2D eigenvalue weighted by molar-refractivity contribution is 5.68. The van der Waals surface area contributed by atoms with Crippen LogP contribution in [0.1, 0.15) is 42.4 Å². The number of hydrogen-bond donors (Lipinski definition) is 1. The number of pyridine rings is 1. The van der Waals surface area contributed by atoms with E-state index in [4.69, 9.17) is 9.97 Å². The molecule has 5 nitrogen and oxygen atoms in total. The van der Waals surface area contributed by atoms with Gasteiger partial charge in [0, 0.05) is 43.0 Å². The minimum atomic E-state index is 0.280. The van der Waals surface area contributed by atoms with Gasteiger partial charge in [-0.3, -0.25) is 9.88 Å². The highest BCUT2D eigenvalue weighted by Crippen LogP contribution is 2.31. The molecule has 0 bridgehead atoms. The van der Waals surface area contributed by atoms with E-state index in [0.29, 0.717) is 13.1 Å². The zero-order valence-corrected chi connectivity index (χ0v) is 22.8. The summed E-state index contributed by atoms with van der Waals surface area (Å²) in [6.45, 7) is 7.32. The van der Waals surface area contributed by atoms with E-state index in [2.05, 4.69) is 89.2 Å². The summed E-state index contributed by atoms with van der Waals surface area (Å²) in [5.41, 5.74) is 7.68. The quantitative estimate of drug-likeness (QED) is 0.196. The van der Waals surface area contributed by atoms with Gasteiger partial charge in [0.1, 0.15) is 11.6 Å². The molecule has 0 atom stereocenters. The number of phenolic OH excluding ortho intramolecular Hbond substituents is 1. The Bertz CT molecular complexity index is 1480. The van der Waals surface area contributed by atoms with Crippen LogP contribution >= 0.6 is 0 Å². The van der Waals surface area contributed by atoms with Crippen molar-refractivity contribution in [3.05, 3.63) is 126 Å². The predicted octanol–water partition coefficient (Wildman–Crippen LogP) is 7.63. The Balaban J connectivity index is 1.61. The van der Waals surface area contributed by atoms with Crippen molar-refractivity contribution in [2.24, 2.45) is 0 Å². The molecular weight excluding hydrogens is 480 g/mol. The van der Waals surface area contributed by atoms with Gasteiger partial charge in [0.2, 0.25) is 0 Å². The van der Waals surface area contributed by atoms with Crippen LogP contribution in [0, 0.1) is 6.92 Å². The van der Waals surface area contributed by atoms with Gasteiger partial charge in [-0.1, -0.05) is 92.2 Å². The molecule has 0 spiro atoms. The Hall–Kier alpha value is -4.22. The topological polar surface area (TPSA) is 54.2 Å². The van der Waals surface area contributed by atoms with Crippen molar-refractivity contribution in [3.8, 4) is 28.4 Å². The van der Waals surface area contributed by atoms with Gasteiger partial charge in [-0.2, -0.15) is 0 Å². The van der Waals surface area contributed by atoms with Crippen molar-refractivity contribution >= 4 is 0 Å². The summed E-state index contributed by atoms with van der Waals surface area (Å²) < 4.78 is 2.43. The number of aromatic hydroxyl groups is 1. The summed E-state index contributed by atoms with van der Waals surface area (Å²) in [6.07, 6.45) is 2.19. The molecule has 5 heteroatoms. The first kappa shape index (κ1) is 26.4. The maximum atomic E-state index is 9.85. The van der Waals surface area contributed by atoms with Gasteiger partial charge < -0.3 is 9.67 Å². The lowest BCUT2D eigenvalue weighted by Gasteiger charge is -2.24. The molecule has 198 valence electrons. The van der Waals surface area contributed by atoms with Crippen LogP contribution in [-0.2, 0) is 26.2 Å². The van der Waals surface area contributed by atoms with Crippen molar-refractivity contribution in [2.75, 3.05) is 0 Å². The van der Waals surface area contributed by atoms with Gasteiger partial charge in [-0.15, -0.1) is 0 Å². The molecular formula is C34H36N4O. The fraction of sp³-hybridized carbons (Fsp3) is 0.235. The third-order valence-electron chi connectivity index (χ3n) is 6.93. The maximum absolute atomic E-state index is 9.85. The minimum absolute atomic E-state index is 0.280. The normalized spacial score (nSPS) is 11.3. The van der Waals surface area contributed by atoms with Crippen LogP contribution in [0.15, 0.2) is 103 Å². The number of hydrogen-bond acceptors (Lipinski definition) is 4. The lowest BCUT2D eigenvalue weighted by Crippen LogP contribution is -2.25. The lowest BCUT2D eigenvalue weighted by molar-refractivity contribution is 0.238. The molecule has 2 aromatic heterocycles. The average molecular weight is 517 g/mol. The van der Waals surface area contributed by atoms with Gasteiger partial charge in [0.25, 0.3) is 0 Å². The second-order valence-electron chi connectivity index (χ2n) is 10.0. The Kier molecular flexibility index (Phi) is 8.49. The third kappa shape index (κ3) is 6.62. The van der Waals surface area contributed by atoms with E-state index in [1.54, 1.807) is 12.1 Å². The van der Waals surface area contributed by atoms with Crippen molar-refractivity contribution in [3.63, 3.8) is 0 Å². The standard InChI is InChI=1S/C34H36N4O/c1-3-4-22-38-32(33(28-13-7-5-8-14-28)36-34(38)29-15-9-6-10-16-29)25-37(23-27-18-20-31(39)21-19-27)24-30-17-11-12-26(2)35-30/h5-21,39H,3-4,22-25H2,1-2H3. The van der Waals surface area contributed by atoms with E-state index in [1.165, 1.54) is 5.69 Å². The number of unbranched alkanes of at least 4 members (excludes halogenated alkanes) is 1. The molecule has 0 saturated heterocycles. The van der Waals surface area contributed by atoms with Gasteiger partial charge >= 0.3 is 0 Å². The highest BCUT2D eigenvalue weighted by atomic mass is 16.3.